The number of aryl methyl sites for hydroxylation is 1. The number of para-hydroxylation sites is 1. The van der Waals surface area contributed by atoms with Crippen LogP contribution in [0.1, 0.15) is 15.9 Å². The van der Waals surface area contributed by atoms with E-state index in [2.05, 4.69) is 20.0 Å². The van der Waals surface area contributed by atoms with E-state index in [9.17, 15) is 37.8 Å². The van der Waals surface area contributed by atoms with Crippen LogP contribution >= 0.6 is 0 Å². The Labute approximate surface area is 262 Å². The van der Waals surface area contributed by atoms with E-state index in [0.29, 0.717) is 29.4 Å². The summed E-state index contributed by atoms with van der Waals surface area (Å²) in [6, 6.07) is 6.38. The van der Waals surface area contributed by atoms with Gasteiger partial charge in [-0.05, 0) is 36.8 Å². The molecule has 0 atom stereocenters. The van der Waals surface area contributed by atoms with Gasteiger partial charge < -0.3 is 29.9 Å². The largest absolute Gasteiger partial charge is 0.491 e. The SMILES string of the molecule is Cc1ccc(C(=O)N2CCOCC2)cc1-c1nc(NC(CO)CO)nc2c1c(OC(=O)C(F)(F)F)cc(=O)n2-c1c(F)cccc1F. The van der Waals surface area contributed by atoms with Crippen LogP contribution in [0.3, 0.4) is 0 Å². The summed E-state index contributed by atoms with van der Waals surface area (Å²) in [6.45, 7) is 1.41. The first-order valence-corrected chi connectivity index (χ1v) is 14.0. The first-order chi connectivity index (χ1) is 22.3. The number of amides is 1. The zero-order valence-electron chi connectivity index (χ0n) is 24.5. The fraction of sp³-hybridized carbons (Fsp3) is 0.300. The lowest BCUT2D eigenvalue weighted by molar-refractivity contribution is -0.189. The molecule has 1 fully saturated rings. The summed E-state index contributed by atoms with van der Waals surface area (Å²) in [5.41, 5.74) is -2.74. The smallest absolute Gasteiger partial charge is 0.419 e. The molecule has 1 saturated heterocycles. The molecule has 12 nitrogen and oxygen atoms in total. The highest BCUT2D eigenvalue weighted by Crippen LogP contribution is 2.38. The van der Waals surface area contributed by atoms with Gasteiger partial charge in [-0.25, -0.2) is 18.6 Å². The zero-order chi connectivity index (χ0) is 34.0. The third kappa shape index (κ3) is 6.77. The number of rotatable bonds is 8. The molecule has 2 aromatic heterocycles. The van der Waals surface area contributed by atoms with E-state index in [1.165, 1.54) is 23.1 Å². The van der Waals surface area contributed by atoms with E-state index in [0.717, 1.165) is 18.2 Å². The van der Waals surface area contributed by atoms with Crippen LogP contribution in [0.15, 0.2) is 47.3 Å². The lowest BCUT2D eigenvalue weighted by Crippen LogP contribution is -2.40. The average Bonchev–Trinajstić information content (AvgIpc) is 3.04. The third-order valence-electron chi connectivity index (χ3n) is 7.23. The minimum Gasteiger partial charge on any atom is -0.419 e. The highest BCUT2D eigenvalue weighted by Gasteiger charge is 2.42. The number of carbonyl (C=O) groups excluding carboxylic acids is 2. The van der Waals surface area contributed by atoms with Gasteiger partial charge in [0, 0.05) is 30.3 Å². The lowest BCUT2D eigenvalue weighted by Gasteiger charge is -2.27. The van der Waals surface area contributed by atoms with Gasteiger partial charge in [-0.3, -0.25) is 14.2 Å². The van der Waals surface area contributed by atoms with Crippen LogP contribution in [0.25, 0.3) is 28.0 Å². The predicted molar refractivity (Wildman–Crippen MR) is 155 cm³/mol. The fourth-order valence-corrected chi connectivity index (χ4v) is 4.90. The van der Waals surface area contributed by atoms with Crippen molar-refractivity contribution in [2.75, 3.05) is 44.8 Å². The number of benzene rings is 2. The fourth-order valence-electron chi connectivity index (χ4n) is 4.90. The molecule has 1 aliphatic rings. The monoisotopic (exact) mass is 663 g/mol. The molecule has 4 aromatic rings. The number of nitrogens with zero attached hydrogens (tertiary/aromatic N) is 4. The van der Waals surface area contributed by atoms with Gasteiger partial charge in [0.2, 0.25) is 5.95 Å². The molecule has 17 heteroatoms. The first-order valence-electron chi connectivity index (χ1n) is 14.0. The van der Waals surface area contributed by atoms with Crippen molar-refractivity contribution in [3.05, 3.63) is 75.6 Å². The summed E-state index contributed by atoms with van der Waals surface area (Å²) in [4.78, 5) is 48.8. The summed E-state index contributed by atoms with van der Waals surface area (Å²) in [6.07, 6.45) is -5.52. The van der Waals surface area contributed by atoms with Crippen LogP contribution in [-0.4, -0.2) is 93.3 Å². The number of esters is 1. The van der Waals surface area contributed by atoms with E-state index in [1.807, 2.05) is 0 Å². The van der Waals surface area contributed by atoms with Crippen LogP contribution in [0.4, 0.5) is 27.9 Å². The number of aliphatic hydroxyl groups is 2. The molecular weight excluding hydrogens is 637 g/mol. The summed E-state index contributed by atoms with van der Waals surface area (Å²) in [5, 5.41) is 21.4. The minimum atomic E-state index is -5.52. The van der Waals surface area contributed by atoms with Crippen molar-refractivity contribution >= 4 is 28.9 Å². The second kappa shape index (κ2) is 13.4. The molecule has 5 rings (SSSR count). The average molecular weight is 664 g/mol. The highest BCUT2D eigenvalue weighted by atomic mass is 19.4. The summed E-state index contributed by atoms with van der Waals surface area (Å²) >= 11 is 0. The lowest BCUT2D eigenvalue weighted by atomic mass is 9.98. The maximum atomic E-state index is 15.1. The van der Waals surface area contributed by atoms with Gasteiger partial charge in [0.1, 0.15) is 23.1 Å². The molecule has 3 heterocycles. The van der Waals surface area contributed by atoms with Gasteiger partial charge in [-0.2, -0.15) is 18.2 Å². The van der Waals surface area contributed by atoms with E-state index in [4.69, 9.17) is 4.74 Å². The number of aromatic nitrogens is 3. The van der Waals surface area contributed by atoms with Crippen molar-refractivity contribution < 1.29 is 51.2 Å². The van der Waals surface area contributed by atoms with Crippen LogP contribution in [0, 0.1) is 18.6 Å². The molecular formula is C30H26F5N5O7. The van der Waals surface area contributed by atoms with Gasteiger partial charge in [-0.1, -0.05) is 12.1 Å². The Morgan fingerprint density at radius 1 is 1.04 bits per heavy atom. The van der Waals surface area contributed by atoms with Crippen LogP contribution in [0.5, 0.6) is 5.75 Å². The molecule has 0 bridgehead atoms. The van der Waals surface area contributed by atoms with Crippen molar-refractivity contribution in [3.63, 3.8) is 0 Å². The Kier molecular flexibility index (Phi) is 9.50. The minimum absolute atomic E-state index is 0.0765. The summed E-state index contributed by atoms with van der Waals surface area (Å²) in [7, 11) is 0. The number of pyridine rings is 1. The number of morpholine rings is 1. The van der Waals surface area contributed by atoms with Gasteiger partial charge in [0.25, 0.3) is 11.5 Å². The number of carbonyl (C=O) groups is 2. The van der Waals surface area contributed by atoms with Crippen LogP contribution in [-0.2, 0) is 9.53 Å². The number of alkyl halides is 3. The maximum Gasteiger partial charge on any atom is 0.491 e. The molecule has 0 radical (unpaired) electrons. The molecule has 3 N–H and O–H groups in total. The van der Waals surface area contributed by atoms with Crippen molar-refractivity contribution in [3.8, 4) is 22.7 Å². The molecule has 0 saturated carbocycles. The summed E-state index contributed by atoms with van der Waals surface area (Å²) in [5.74, 6) is -7.07. The van der Waals surface area contributed by atoms with E-state index >= 15 is 8.78 Å². The second-order valence-corrected chi connectivity index (χ2v) is 10.4. The third-order valence-corrected chi connectivity index (χ3v) is 7.23. The quantitative estimate of drug-likeness (QED) is 0.189. The number of ether oxygens (including phenoxy) is 2. The Bertz CT molecular complexity index is 1890. The number of hydrogen-bond acceptors (Lipinski definition) is 10. The standard InChI is InChI=1S/C30H26F5N5O7/c1-15-5-6-16(27(44)39-7-9-46-10-8-39)11-18(15)24-23-21(47-28(45)30(33,34)35)12-22(43)40(25-19(31)3-2-4-20(25)32)26(23)38-29(37-24)36-17(13-41)14-42/h2-6,11-12,17,41-42H,7-10,13-14H2,1H3,(H,36,37,38). The van der Waals surface area contributed by atoms with Crippen molar-refractivity contribution in [1.29, 1.82) is 0 Å². The van der Waals surface area contributed by atoms with Crippen molar-refractivity contribution in [2.45, 2.75) is 19.1 Å². The van der Waals surface area contributed by atoms with E-state index in [-0.39, 0.29) is 29.9 Å². The van der Waals surface area contributed by atoms with Crippen LogP contribution < -0.4 is 15.6 Å². The molecule has 1 aliphatic heterocycles. The maximum absolute atomic E-state index is 15.1. The van der Waals surface area contributed by atoms with E-state index < -0.39 is 82.9 Å². The number of nitrogens with one attached hydrogen (secondary N) is 1. The predicted octanol–water partition coefficient (Wildman–Crippen LogP) is 2.74. The van der Waals surface area contributed by atoms with Gasteiger partial charge in [0.15, 0.2) is 5.65 Å². The Morgan fingerprint density at radius 3 is 2.32 bits per heavy atom. The van der Waals surface area contributed by atoms with Crippen molar-refractivity contribution in [2.24, 2.45) is 0 Å². The topological polar surface area (TPSA) is 156 Å². The zero-order valence-corrected chi connectivity index (χ0v) is 24.5. The Morgan fingerprint density at radius 2 is 1.70 bits per heavy atom. The molecule has 47 heavy (non-hydrogen) atoms. The second-order valence-electron chi connectivity index (χ2n) is 10.4. The van der Waals surface area contributed by atoms with Gasteiger partial charge in [-0.15, -0.1) is 0 Å². The highest BCUT2D eigenvalue weighted by molar-refractivity contribution is 6.01. The van der Waals surface area contributed by atoms with Gasteiger partial charge in [0.05, 0.1) is 43.5 Å². The number of fused-ring (bicyclic) bond motifs is 1. The van der Waals surface area contributed by atoms with Crippen molar-refractivity contribution in [1.82, 2.24) is 19.4 Å². The molecule has 0 aliphatic carbocycles. The molecule has 248 valence electrons. The number of aliphatic hydroxyl groups excluding tert-OH is 2. The van der Waals surface area contributed by atoms with E-state index in [1.54, 1.807) is 6.92 Å². The van der Waals surface area contributed by atoms with Gasteiger partial charge >= 0.3 is 12.1 Å². The van der Waals surface area contributed by atoms with Crippen LogP contribution in [0.2, 0.25) is 0 Å². The Hall–Kier alpha value is -5.00. The first kappa shape index (κ1) is 33.4. The number of hydrogen-bond donors (Lipinski definition) is 3. The molecule has 0 unspecified atom stereocenters. The normalized spacial score (nSPS) is 13.7. The molecule has 0 spiro atoms. The molecule has 1 amide bonds. The summed E-state index contributed by atoms with van der Waals surface area (Å²) < 4.78 is 80.7. The molecule has 2 aromatic carbocycles. The number of anilines is 1. The number of halogens is 5. The Balaban J connectivity index is 1.88.